The summed E-state index contributed by atoms with van der Waals surface area (Å²) < 4.78 is 0. The maximum absolute atomic E-state index is 10.1. The molecule has 17 heavy (non-hydrogen) atoms. The standard InChI is InChI=1S/C16H16O/c1-10(2)12-7-8-15(17)16-13-6-4-3-5-11(13)9-14(12)16/h3-8,10,17H,9H2,1-2H3. The SMILES string of the molecule is CC(C)c1ccc(O)c2c1Cc1ccccc1-2. The highest BCUT2D eigenvalue weighted by Gasteiger charge is 2.24. The van der Waals surface area contributed by atoms with Gasteiger partial charge in [0.15, 0.2) is 0 Å². The van der Waals surface area contributed by atoms with E-state index in [0.29, 0.717) is 11.7 Å². The molecule has 2 aromatic carbocycles. The number of hydrogen-bond acceptors (Lipinski definition) is 1. The van der Waals surface area contributed by atoms with Crippen molar-refractivity contribution in [2.24, 2.45) is 0 Å². The summed E-state index contributed by atoms with van der Waals surface area (Å²) >= 11 is 0. The average molecular weight is 224 g/mol. The van der Waals surface area contributed by atoms with Gasteiger partial charge in [0, 0.05) is 5.56 Å². The van der Waals surface area contributed by atoms with Crippen LogP contribution in [0, 0.1) is 0 Å². The fraction of sp³-hybridized carbons (Fsp3) is 0.250. The van der Waals surface area contributed by atoms with Crippen LogP contribution in [0.1, 0.15) is 36.5 Å². The minimum absolute atomic E-state index is 0.411. The first-order valence-corrected chi connectivity index (χ1v) is 6.11. The highest BCUT2D eigenvalue weighted by atomic mass is 16.3. The average Bonchev–Trinajstić information content (AvgIpc) is 2.68. The lowest BCUT2D eigenvalue weighted by atomic mass is 9.93. The number of aromatic hydroxyl groups is 1. The van der Waals surface area contributed by atoms with E-state index in [1.807, 2.05) is 12.1 Å². The third-order valence-electron chi connectivity index (χ3n) is 3.60. The minimum Gasteiger partial charge on any atom is -0.507 e. The van der Waals surface area contributed by atoms with E-state index >= 15 is 0 Å². The largest absolute Gasteiger partial charge is 0.507 e. The summed E-state index contributed by atoms with van der Waals surface area (Å²) in [6.07, 6.45) is 0.952. The Morgan fingerprint density at radius 1 is 1.06 bits per heavy atom. The van der Waals surface area contributed by atoms with Crippen LogP contribution in [-0.4, -0.2) is 5.11 Å². The van der Waals surface area contributed by atoms with Gasteiger partial charge in [0.05, 0.1) is 0 Å². The van der Waals surface area contributed by atoms with E-state index in [2.05, 4.69) is 38.1 Å². The van der Waals surface area contributed by atoms with E-state index in [4.69, 9.17) is 0 Å². The summed E-state index contributed by atoms with van der Waals surface area (Å²) in [7, 11) is 0. The molecule has 1 nitrogen and oxygen atoms in total. The molecule has 0 atom stereocenters. The second-order valence-corrected chi connectivity index (χ2v) is 5.02. The smallest absolute Gasteiger partial charge is 0.123 e. The summed E-state index contributed by atoms with van der Waals surface area (Å²) in [5.74, 6) is 0.910. The number of hydrogen-bond donors (Lipinski definition) is 1. The molecule has 1 aliphatic rings. The maximum Gasteiger partial charge on any atom is 0.123 e. The molecule has 1 N–H and O–H groups in total. The summed E-state index contributed by atoms with van der Waals surface area (Å²) in [4.78, 5) is 0. The summed E-state index contributed by atoms with van der Waals surface area (Å²) in [6.45, 7) is 4.41. The van der Waals surface area contributed by atoms with Crippen molar-refractivity contribution in [3.8, 4) is 16.9 Å². The van der Waals surface area contributed by atoms with Crippen LogP contribution in [0.4, 0.5) is 0 Å². The zero-order chi connectivity index (χ0) is 12.0. The van der Waals surface area contributed by atoms with E-state index in [0.717, 1.165) is 12.0 Å². The molecule has 0 heterocycles. The number of rotatable bonds is 1. The highest BCUT2D eigenvalue weighted by molar-refractivity contribution is 5.82. The van der Waals surface area contributed by atoms with Crippen molar-refractivity contribution in [3.05, 3.63) is 53.1 Å². The third kappa shape index (κ3) is 1.46. The van der Waals surface area contributed by atoms with Gasteiger partial charge in [0.1, 0.15) is 5.75 Å². The summed E-state index contributed by atoms with van der Waals surface area (Å²) in [5.41, 5.74) is 6.23. The van der Waals surface area contributed by atoms with Gasteiger partial charge in [0.2, 0.25) is 0 Å². The minimum atomic E-state index is 0.411. The van der Waals surface area contributed by atoms with Gasteiger partial charge >= 0.3 is 0 Å². The third-order valence-corrected chi connectivity index (χ3v) is 3.60. The molecular weight excluding hydrogens is 208 g/mol. The van der Waals surface area contributed by atoms with E-state index in [-0.39, 0.29) is 0 Å². The normalized spacial score (nSPS) is 12.6. The van der Waals surface area contributed by atoms with Gasteiger partial charge in [-0.05, 0) is 40.7 Å². The van der Waals surface area contributed by atoms with E-state index in [1.54, 1.807) is 0 Å². The molecule has 0 bridgehead atoms. The lowest BCUT2D eigenvalue weighted by Crippen LogP contribution is -1.95. The first-order chi connectivity index (χ1) is 8.18. The Kier molecular flexibility index (Phi) is 2.22. The molecule has 0 amide bonds. The van der Waals surface area contributed by atoms with E-state index in [9.17, 15) is 5.11 Å². The fourth-order valence-corrected chi connectivity index (χ4v) is 2.79. The van der Waals surface area contributed by atoms with Crippen LogP contribution in [0.5, 0.6) is 5.75 Å². The summed E-state index contributed by atoms with van der Waals surface area (Å²) in [6, 6.07) is 12.2. The van der Waals surface area contributed by atoms with Crippen LogP contribution in [0.2, 0.25) is 0 Å². The fourth-order valence-electron chi connectivity index (χ4n) is 2.79. The Hall–Kier alpha value is -1.76. The maximum atomic E-state index is 10.1. The molecule has 0 fully saturated rings. The summed E-state index contributed by atoms with van der Waals surface area (Å²) in [5, 5.41) is 10.1. The number of benzene rings is 2. The molecule has 2 aromatic rings. The number of phenols is 1. The quantitative estimate of drug-likeness (QED) is 0.660. The van der Waals surface area contributed by atoms with E-state index < -0.39 is 0 Å². The number of fused-ring (bicyclic) bond motifs is 3. The molecule has 0 aromatic heterocycles. The van der Waals surface area contributed by atoms with E-state index in [1.165, 1.54) is 22.3 Å². The Morgan fingerprint density at radius 2 is 1.82 bits per heavy atom. The predicted molar refractivity (Wildman–Crippen MR) is 70.4 cm³/mol. The monoisotopic (exact) mass is 224 g/mol. The van der Waals surface area contributed by atoms with Crippen molar-refractivity contribution in [3.63, 3.8) is 0 Å². The first-order valence-electron chi connectivity index (χ1n) is 6.11. The van der Waals surface area contributed by atoms with Crippen molar-refractivity contribution < 1.29 is 5.11 Å². The van der Waals surface area contributed by atoms with Crippen LogP contribution in [0.3, 0.4) is 0 Å². The lowest BCUT2D eigenvalue weighted by Gasteiger charge is -2.13. The molecule has 0 saturated heterocycles. The van der Waals surface area contributed by atoms with Crippen LogP contribution < -0.4 is 0 Å². The Morgan fingerprint density at radius 3 is 2.59 bits per heavy atom. The van der Waals surface area contributed by atoms with Gasteiger partial charge in [-0.25, -0.2) is 0 Å². The van der Waals surface area contributed by atoms with Gasteiger partial charge in [-0.3, -0.25) is 0 Å². The van der Waals surface area contributed by atoms with Gasteiger partial charge in [-0.15, -0.1) is 0 Å². The Balaban J connectivity index is 2.30. The Labute approximate surface area is 102 Å². The first kappa shape index (κ1) is 10.4. The van der Waals surface area contributed by atoms with Gasteiger partial charge < -0.3 is 5.11 Å². The van der Waals surface area contributed by atoms with Crippen molar-refractivity contribution in [1.82, 2.24) is 0 Å². The Bertz CT molecular complexity index is 582. The second kappa shape index (κ2) is 3.63. The van der Waals surface area contributed by atoms with Crippen molar-refractivity contribution in [2.45, 2.75) is 26.2 Å². The molecule has 86 valence electrons. The lowest BCUT2D eigenvalue weighted by molar-refractivity contribution is 0.477. The van der Waals surface area contributed by atoms with Crippen LogP contribution >= 0.6 is 0 Å². The zero-order valence-electron chi connectivity index (χ0n) is 10.2. The number of phenolic OH excluding ortho intramolecular Hbond substituents is 1. The molecule has 1 heteroatoms. The molecular formula is C16H16O. The highest BCUT2D eigenvalue weighted by Crippen LogP contribution is 2.44. The molecule has 0 radical (unpaired) electrons. The molecule has 0 saturated carbocycles. The van der Waals surface area contributed by atoms with Gasteiger partial charge in [0.25, 0.3) is 0 Å². The topological polar surface area (TPSA) is 20.2 Å². The molecule has 1 aliphatic carbocycles. The molecule has 0 spiro atoms. The molecule has 0 aliphatic heterocycles. The van der Waals surface area contributed by atoms with Crippen LogP contribution in [0.15, 0.2) is 36.4 Å². The van der Waals surface area contributed by atoms with Gasteiger partial charge in [-0.1, -0.05) is 44.2 Å². The van der Waals surface area contributed by atoms with Crippen molar-refractivity contribution in [2.75, 3.05) is 0 Å². The zero-order valence-corrected chi connectivity index (χ0v) is 10.2. The predicted octanol–water partition coefficient (Wildman–Crippen LogP) is 4.09. The van der Waals surface area contributed by atoms with Crippen LogP contribution in [0.25, 0.3) is 11.1 Å². The molecule has 0 unspecified atom stereocenters. The molecule has 3 rings (SSSR count). The van der Waals surface area contributed by atoms with Crippen LogP contribution in [-0.2, 0) is 6.42 Å². The van der Waals surface area contributed by atoms with Crippen molar-refractivity contribution in [1.29, 1.82) is 0 Å². The van der Waals surface area contributed by atoms with Gasteiger partial charge in [-0.2, -0.15) is 0 Å². The second-order valence-electron chi connectivity index (χ2n) is 5.02. The van der Waals surface area contributed by atoms with Crippen molar-refractivity contribution >= 4 is 0 Å².